The summed E-state index contributed by atoms with van der Waals surface area (Å²) < 4.78 is 16.6. The highest BCUT2D eigenvalue weighted by Gasteiger charge is 2.26. The van der Waals surface area contributed by atoms with Crippen LogP contribution >= 0.6 is 0 Å². The van der Waals surface area contributed by atoms with Crippen molar-refractivity contribution in [3.05, 3.63) is 65.5 Å². The number of nitrogens with one attached hydrogen (secondary N) is 2. The summed E-state index contributed by atoms with van der Waals surface area (Å²) in [5, 5.41) is 10.3. The topological polar surface area (TPSA) is 90.7 Å². The van der Waals surface area contributed by atoms with E-state index < -0.39 is 11.7 Å². The first-order valence-corrected chi connectivity index (χ1v) is 10.9. The van der Waals surface area contributed by atoms with Gasteiger partial charge in [-0.2, -0.15) is 5.10 Å². The largest absolute Gasteiger partial charge is 0.306 e. The Morgan fingerprint density at radius 1 is 1.27 bits per heavy atom. The van der Waals surface area contributed by atoms with Crippen molar-refractivity contribution in [3.63, 3.8) is 0 Å². The predicted octanol–water partition coefficient (Wildman–Crippen LogP) is 3.74. The molecule has 0 radical (unpaired) electrons. The molecule has 0 unspecified atom stereocenters. The van der Waals surface area contributed by atoms with Crippen molar-refractivity contribution >= 4 is 23.9 Å². The second-order valence-electron chi connectivity index (χ2n) is 8.56. The van der Waals surface area contributed by atoms with E-state index in [1.165, 1.54) is 6.07 Å². The van der Waals surface area contributed by atoms with E-state index in [0.29, 0.717) is 17.6 Å². The molecule has 3 aromatic rings. The van der Waals surface area contributed by atoms with Gasteiger partial charge in [0.25, 0.3) is 5.91 Å². The monoisotopic (exact) mass is 448 g/mol. The molecule has 0 atom stereocenters. The van der Waals surface area contributed by atoms with Crippen LogP contribution in [0.3, 0.4) is 0 Å². The maximum atomic E-state index is 14.8. The van der Waals surface area contributed by atoms with Gasteiger partial charge in [-0.3, -0.25) is 4.79 Å². The molecule has 2 N–H and O–H groups in total. The van der Waals surface area contributed by atoms with E-state index in [1.807, 2.05) is 31.5 Å². The van der Waals surface area contributed by atoms with Crippen molar-refractivity contribution in [1.29, 1.82) is 0 Å². The second-order valence-corrected chi connectivity index (χ2v) is 8.56. The SMILES string of the molecule is Cc1cc(F)c(C(=O)Nc2cccc(N3C=NNN3C(C)C)n2)cc1-n1cnc(C2CC2)c1. The number of imidazole rings is 1. The number of aryl methyl sites for hydroxylation is 1. The molecule has 1 fully saturated rings. The van der Waals surface area contributed by atoms with Crippen LogP contribution in [0.25, 0.3) is 5.69 Å². The standard InChI is InChI=1S/C23H25FN8O/c1-14(2)32-29-26-13-31(32)22-6-4-5-21(27-22)28-23(33)17-10-20(15(3)9-18(17)24)30-11-19(25-12-30)16-7-8-16/h4-6,9-14,16,29H,7-8H2,1-3H3,(H,27,28,33). The van der Waals surface area contributed by atoms with Crippen LogP contribution in [0.2, 0.25) is 0 Å². The van der Waals surface area contributed by atoms with E-state index in [1.54, 1.807) is 47.1 Å². The lowest BCUT2D eigenvalue weighted by Crippen LogP contribution is -2.47. The highest BCUT2D eigenvalue weighted by Crippen LogP contribution is 2.39. The number of aromatic nitrogens is 3. The van der Waals surface area contributed by atoms with Crippen LogP contribution in [-0.2, 0) is 0 Å². The number of carbonyl (C=O) groups is 1. The van der Waals surface area contributed by atoms with Gasteiger partial charge < -0.3 is 9.88 Å². The Morgan fingerprint density at radius 3 is 2.85 bits per heavy atom. The van der Waals surface area contributed by atoms with Gasteiger partial charge in [-0.1, -0.05) is 6.07 Å². The van der Waals surface area contributed by atoms with E-state index in [-0.39, 0.29) is 11.6 Å². The van der Waals surface area contributed by atoms with Crippen LogP contribution in [0.5, 0.6) is 0 Å². The zero-order valence-electron chi connectivity index (χ0n) is 18.7. The lowest BCUT2D eigenvalue weighted by molar-refractivity contribution is 0.102. The molecule has 0 bridgehead atoms. The summed E-state index contributed by atoms with van der Waals surface area (Å²) >= 11 is 0. The van der Waals surface area contributed by atoms with Gasteiger partial charge >= 0.3 is 0 Å². The maximum Gasteiger partial charge on any atom is 0.259 e. The first-order chi connectivity index (χ1) is 15.9. The number of pyridine rings is 1. The van der Waals surface area contributed by atoms with Crippen molar-refractivity contribution in [2.75, 3.05) is 10.3 Å². The highest BCUT2D eigenvalue weighted by atomic mass is 19.1. The minimum absolute atomic E-state index is 0.0577. The van der Waals surface area contributed by atoms with Gasteiger partial charge in [-0.05, 0) is 63.4 Å². The number of amides is 1. The summed E-state index contributed by atoms with van der Waals surface area (Å²) in [4.78, 5) is 21.9. The van der Waals surface area contributed by atoms with E-state index in [2.05, 4.69) is 25.9 Å². The quantitative estimate of drug-likeness (QED) is 0.597. The van der Waals surface area contributed by atoms with Crippen LogP contribution < -0.4 is 15.9 Å². The normalized spacial score (nSPS) is 15.8. The van der Waals surface area contributed by atoms with Crippen LogP contribution in [0.15, 0.2) is 48.0 Å². The zero-order valence-corrected chi connectivity index (χ0v) is 18.7. The molecular weight excluding hydrogens is 423 g/mol. The molecule has 1 aromatic carbocycles. The number of anilines is 2. The number of benzene rings is 1. The number of hydrazine groups is 2. The number of hydrogen-bond donors (Lipinski definition) is 2. The van der Waals surface area contributed by atoms with Gasteiger partial charge in [-0.15, -0.1) is 5.12 Å². The fourth-order valence-corrected chi connectivity index (χ4v) is 3.75. The van der Waals surface area contributed by atoms with Crippen molar-refractivity contribution in [1.82, 2.24) is 25.2 Å². The molecule has 33 heavy (non-hydrogen) atoms. The molecule has 0 saturated heterocycles. The molecule has 1 aliphatic carbocycles. The van der Waals surface area contributed by atoms with Gasteiger partial charge in [0, 0.05) is 18.2 Å². The molecular formula is C23H25FN8O. The fraction of sp³-hybridized carbons (Fsp3) is 0.304. The Balaban J connectivity index is 1.39. The third-order valence-electron chi connectivity index (χ3n) is 5.67. The number of hydrogen-bond acceptors (Lipinski definition) is 7. The number of halogens is 1. The van der Waals surface area contributed by atoms with Crippen molar-refractivity contribution < 1.29 is 9.18 Å². The third-order valence-corrected chi connectivity index (χ3v) is 5.67. The zero-order chi connectivity index (χ0) is 23.1. The third kappa shape index (κ3) is 4.17. The summed E-state index contributed by atoms with van der Waals surface area (Å²) in [5.74, 6) is 0.216. The van der Waals surface area contributed by atoms with Crippen LogP contribution in [0, 0.1) is 12.7 Å². The molecule has 0 spiro atoms. The van der Waals surface area contributed by atoms with E-state index >= 15 is 0 Å². The average molecular weight is 449 g/mol. The Kier molecular flexibility index (Phi) is 5.29. The van der Waals surface area contributed by atoms with Gasteiger partial charge in [0.05, 0.1) is 23.3 Å². The van der Waals surface area contributed by atoms with Gasteiger partial charge in [0.2, 0.25) is 0 Å². The fourth-order valence-electron chi connectivity index (χ4n) is 3.75. The van der Waals surface area contributed by atoms with Crippen LogP contribution in [0.4, 0.5) is 16.0 Å². The number of nitrogens with zero attached hydrogens (tertiary/aromatic N) is 6. The molecule has 10 heteroatoms. The molecule has 3 heterocycles. The van der Waals surface area contributed by atoms with Crippen molar-refractivity contribution in [3.8, 4) is 5.69 Å². The summed E-state index contributed by atoms with van der Waals surface area (Å²) in [7, 11) is 0. The predicted molar refractivity (Wildman–Crippen MR) is 124 cm³/mol. The molecule has 1 saturated carbocycles. The maximum absolute atomic E-state index is 14.8. The molecule has 9 nitrogen and oxygen atoms in total. The Bertz CT molecular complexity index is 1230. The lowest BCUT2D eigenvalue weighted by atomic mass is 10.1. The minimum Gasteiger partial charge on any atom is -0.306 e. The molecule has 2 aliphatic rings. The van der Waals surface area contributed by atoms with Crippen molar-refractivity contribution in [2.45, 2.75) is 45.6 Å². The van der Waals surface area contributed by atoms with Gasteiger partial charge in [0.15, 0.2) is 5.82 Å². The van der Waals surface area contributed by atoms with E-state index in [0.717, 1.165) is 29.8 Å². The smallest absolute Gasteiger partial charge is 0.259 e. The number of hydrazone groups is 1. The van der Waals surface area contributed by atoms with Crippen LogP contribution in [0.1, 0.15) is 54.2 Å². The highest BCUT2D eigenvalue weighted by molar-refractivity contribution is 6.04. The second kappa shape index (κ2) is 8.28. The van der Waals surface area contributed by atoms with Crippen molar-refractivity contribution in [2.24, 2.45) is 5.10 Å². The van der Waals surface area contributed by atoms with Gasteiger partial charge in [-0.25, -0.2) is 24.9 Å². The first-order valence-electron chi connectivity index (χ1n) is 10.9. The molecule has 5 rings (SSSR count). The average Bonchev–Trinajstić information content (AvgIpc) is 3.31. The first kappa shape index (κ1) is 21.1. The summed E-state index contributed by atoms with van der Waals surface area (Å²) in [6, 6.07) is 8.27. The molecule has 170 valence electrons. The Morgan fingerprint density at radius 2 is 2.09 bits per heavy atom. The molecule has 1 amide bonds. The van der Waals surface area contributed by atoms with Gasteiger partial charge in [0.1, 0.15) is 18.0 Å². The minimum atomic E-state index is -0.589. The van der Waals surface area contributed by atoms with Crippen LogP contribution in [-0.4, -0.2) is 37.9 Å². The summed E-state index contributed by atoms with van der Waals surface area (Å²) in [5.41, 5.74) is 5.29. The number of rotatable bonds is 6. The molecule has 1 aliphatic heterocycles. The van der Waals surface area contributed by atoms with E-state index in [4.69, 9.17) is 0 Å². The lowest BCUT2D eigenvalue weighted by Gasteiger charge is -2.28. The van der Waals surface area contributed by atoms with E-state index in [9.17, 15) is 9.18 Å². The summed E-state index contributed by atoms with van der Waals surface area (Å²) in [6.45, 7) is 5.83. The number of carbonyl (C=O) groups excluding carboxylic acids is 1. The Hall–Kier alpha value is -3.79. The Labute approximate surface area is 190 Å². The summed E-state index contributed by atoms with van der Waals surface area (Å²) in [6.07, 6.45) is 7.56. The molecule has 2 aromatic heterocycles.